The molecule has 1 aromatic rings. The zero-order chi connectivity index (χ0) is 12.1. The van der Waals surface area contributed by atoms with Gasteiger partial charge in [-0.2, -0.15) is 0 Å². The van der Waals surface area contributed by atoms with Crippen molar-refractivity contribution in [1.82, 2.24) is 0 Å². The van der Waals surface area contributed by atoms with Crippen LogP contribution in [0.2, 0.25) is 0 Å². The summed E-state index contributed by atoms with van der Waals surface area (Å²) in [5.74, 6) is -1.02. The van der Waals surface area contributed by atoms with Gasteiger partial charge in [0.25, 0.3) is 0 Å². The number of carboxylic acid groups (broad SMARTS) is 1. The number of carbonyl (C=O) groups is 2. The molecule has 0 radical (unpaired) electrons. The third kappa shape index (κ3) is 3.86. The first-order chi connectivity index (χ1) is 7.49. The summed E-state index contributed by atoms with van der Waals surface area (Å²) >= 11 is 3.22. The van der Waals surface area contributed by atoms with Gasteiger partial charge in [-0.1, -0.05) is 6.07 Å². The molecule has 0 aliphatic heterocycles. The molecule has 5 heteroatoms. The van der Waals surface area contributed by atoms with Gasteiger partial charge in [0.2, 0.25) is 0 Å². The predicted octanol–water partition coefficient (Wildman–Crippen LogP) is 2.47. The van der Waals surface area contributed by atoms with Crippen molar-refractivity contribution >= 4 is 33.9 Å². The number of carboxylic acids is 1. The van der Waals surface area contributed by atoms with E-state index >= 15 is 0 Å². The van der Waals surface area contributed by atoms with Crippen LogP contribution in [0.1, 0.15) is 12.5 Å². The number of ether oxygens (including phenoxy) is 1. The number of halogens is 1. The molecule has 16 heavy (non-hydrogen) atoms. The third-order valence-electron chi connectivity index (χ3n) is 1.63. The van der Waals surface area contributed by atoms with Crippen LogP contribution in [-0.2, 0) is 9.59 Å². The Kier molecular flexibility index (Phi) is 4.25. The van der Waals surface area contributed by atoms with Crippen LogP contribution in [0.25, 0.3) is 6.08 Å². The lowest BCUT2D eigenvalue weighted by atomic mass is 10.2. The number of carbonyl (C=O) groups excluding carboxylic acids is 1. The average Bonchev–Trinajstić information content (AvgIpc) is 2.18. The quantitative estimate of drug-likeness (QED) is 0.526. The van der Waals surface area contributed by atoms with Crippen LogP contribution >= 0.6 is 15.9 Å². The fraction of sp³-hybridized carbons (Fsp3) is 0.0909. The first-order valence-corrected chi connectivity index (χ1v) is 5.17. The van der Waals surface area contributed by atoms with Crippen LogP contribution in [0.5, 0.6) is 5.75 Å². The number of aliphatic carboxylic acids is 1. The Morgan fingerprint density at radius 2 is 2.12 bits per heavy atom. The molecule has 84 valence electrons. The molecule has 0 amide bonds. The van der Waals surface area contributed by atoms with Gasteiger partial charge in [0.05, 0.1) is 4.47 Å². The molecule has 0 spiro atoms. The van der Waals surface area contributed by atoms with Crippen LogP contribution in [-0.4, -0.2) is 17.0 Å². The highest BCUT2D eigenvalue weighted by Gasteiger charge is 2.03. The van der Waals surface area contributed by atoms with E-state index in [9.17, 15) is 9.59 Å². The van der Waals surface area contributed by atoms with E-state index in [0.29, 0.717) is 15.8 Å². The Morgan fingerprint density at radius 1 is 1.44 bits per heavy atom. The van der Waals surface area contributed by atoms with Crippen molar-refractivity contribution in [2.75, 3.05) is 0 Å². The van der Waals surface area contributed by atoms with E-state index in [-0.39, 0.29) is 0 Å². The minimum absolute atomic E-state index is 0.403. The molecule has 1 rings (SSSR count). The van der Waals surface area contributed by atoms with Gasteiger partial charge < -0.3 is 9.84 Å². The molecule has 0 atom stereocenters. The smallest absolute Gasteiger partial charge is 0.328 e. The van der Waals surface area contributed by atoms with Gasteiger partial charge in [0, 0.05) is 13.0 Å². The molecule has 0 saturated heterocycles. The van der Waals surface area contributed by atoms with Gasteiger partial charge in [0.1, 0.15) is 5.75 Å². The Hall–Kier alpha value is -1.62. The molecule has 4 nitrogen and oxygen atoms in total. The summed E-state index contributed by atoms with van der Waals surface area (Å²) in [6.45, 7) is 1.31. The van der Waals surface area contributed by atoms with E-state index in [1.807, 2.05) is 0 Å². The summed E-state index contributed by atoms with van der Waals surface area (Å²) in [6.07, 6.45) is 2.48. The lowest BCUT2D eigenvalue weighted by Gasteiger charge is -2.04. The number of hydrogen-bond donors (Lipinski definition) is 1. The molecule has 0 aromatic heterocycles. The highest BCUT2D eigenvalue weighted by molar-refractivity contribution is 9.10. The summed E-state index contributed by atoms with van der Waals surface area (Å²) in [7, 11) is 0. The van der Waals surface area contributed by atoms with E-state index in [4.69, 9.17) is 9.84 Å². The Morgan fingerprint density at radius 3 is 2.62 bits per heavy atom. The molecule has 0 heterocycles. The molecule has 0 saturated carbocycles. The van der Waals surface area contributed by atoms with Crippen molar-refractivity contribution in [2.45, 2.75) is 6.92 Å². The van der Waals surface area contributed by atoms with Crippen LogP contribution in [0, 0.1) is 0 Å². The summed E-state index contributed by atoms with van der Waals surface area (Å²) in [5, 5.41) is 8.45. The van der Waals surface area contributed by atoms with Crippen molar-refractivity contribution in [3.8, 4) is 5.75 Å². The molecule has 0 aliphatic rings. The molecular weight excluding hydrogens is 276 g/mol. The molecule has 1 aromatic carbocycles. The number of hydrogen-bond acceptors (Lipinski definition) is 3. The van der Waals surface area contributed by atoms with Gasteiger partial charge in [0.15, 0.2) is 0 Å². The van der Waals surface area contributed by atoms with Crippen LogP contribution < -0.4 is 4.74 Å². The lowest BCUT2D eigenvalue weighted by molar-refractivity contribution is -0.132. The summed E-state index contributed by atoms with van der Waals surface area (Å²) in [4.78, 5) is 21.0. The zero-order valence-corrected chi connectivity index (χ0v) is 10.0. The Balaban J connectivity index is 2.90. The molecule has 0 bridgehead atoms. The normalized spacial score (nSPS) is 10.4. The second-order valence-corrected chi connectivity index (χ2v) is 3.81. The number of benzene rings is 1. The fourth-order valence-electron chi connectivity index (χ4n) is 1.03. The second kappa shape index (κ2) is 5.46. The number of esters is 1. The van der Waals surface area contributed by atoms with E-state index < -0.39 is 11.9 Å². The molecular formula is C11H9BrO4. The number of rotatable bonds is 3. The summed E-state index contributed by atoms with van der Waals surface area (Å²) in [5.41, 5.74) is 0.699. The van der Waals surface area contributed by atoms with E-state index in [1.165, 1.54) is 13.0 Å². The highest BCUT2D eigenvalue weighted by Crippen LogP contribution is 2.26. The minimum Gasteiger partial charge on any atom is -0.478 e. The standard InChI is InChI=1S/C11H9BrO4/c1-7(13)16-10-4-2-8(6-9(10)12)3-5-11(14)15/h2-6H,1H3,(H,14,15)/b5-3+. The maximum Gasteiger partial charge on any atom is 0.328 e. The molecule has 0 fully saturated rings. The highest BCUT2D eigenvalue weighted by atomic mass is 79.9. The maximum atomic E-state index is 10.7. The van der Waals surface area contributed by atoms with Crippen LogP contribution in [0.3, 0.4) is 0 Å². The van der Waals surface area contributed by atoms with Crippen LogP contribution in [0.4, 0.5) is 0 Å². The molecule has 1 N–H and O–H groups in total. The first-order valence-electron chi connectivity index (χ1n) is 4.38. The van der Waals surface area contributed by atoms with Crippen molar-refractivity contribution in [1.29, 1.82) is 0 Å². The van der Waals surface area contributed by atoms with Crippen LogP contribution in [0.15, 0.2) is 28.7 Å². The van der Waals surface area contributed by atoms with Gasteiger partial charge in [-0.05, 0) is 39.7 Å². The van der Waals surface area contributed by atoms with Crippen molar-refractivity contribution in [3.63, 3.8) is 0 Å². The average molecular weight is 285 g/mol. The summed E-state index contributed by atoms with van der Waals surface area (Å²) in [6, 6.07) is 4.91. The lowest BCUT2D eigenvalue weighted by Crippen LogP contribution is -2.01. The van der Waals surface area contributed by atoms with Gasteiger partial charge in [-0.3, -0.25) is 4.79 Å². The maximum absolute atomic E-state index is 10.7. The molecule has 0 unspecified atom stereocenters. The SMILES string of the molecule is CC(=O)Oc1ccc(/C=C/C(=O)O)cc1Br. The zero-order valence-electron chi connectivity index (χ0n) is 8.44. The van der Waals surface area contributed by atoms with Crippen molar-refractivity contribution in [2.24, 2.45) is 0 Å². The van der Waals surface area contributed by atoms with Crippen molar-refractivity contribution in [3.05, 3.63) is 34.3 Å². The van der Waals surface area contributed by atoms with Gasteiger partial charge in [-0.25, -0.2) is 4.79 Å². The van der Waals surface area contributed by atoms with Gasteiger partial charge >= 0.3 is 11.9 Å². The van der Waals surface area contributed by atoms with E-state index in [1.54, 1.807) is 18.2 Å². The Labute approximate surface area is 101 Å². The van der Waals surface area contributed by atoms with E-state index in [2.05, 4.69) is 15.9 Å². The minimum atomic E-state index is -1.01. The van der Waals surface area contributed by atoms with E-state index in [0.717, 1.165) is 6.08 Å². The predicted molar refractivity (Wildman–Crippen MR) is 62.1 cm³/mol. The third-order valence-corrected chi connectivity index (χ3v) is 2.25. The first kappa shape index (κ1) is 12.4. The monoisotopic (exact) mass is 284 g/mol. The largest absolute Gasteiger partial charge is 0.478 e. The van der Waals surface area contributed by atoms with Gasteiger partial charge in [-0.15, -0.1) is 0 Å². The topological polar surface area (TPSA) is 63.6 Å². The van der Waals surface area contributed by atoms with Crippen molar-refractivity contribution < 1.29 is 19.4 Å². The summed E-state index contributed by atoms with van der Waals surface area (Å²) < 4.78 is 5.49. The fourth-order valence-corrected chi connectivity index (χ4v) is 1.50. The molecule has 0 aliphatic carbocycles. The second-order valence-electron chi connectivity index (χ2n) is 2.96. The Bertz CT molecular complexity index is 451.